The second-order valence-electron chi connectivity index (χ2n) is 1.78. The molecule has 0 spiro atoms. The smallest absolute Gasteiger partial charge is 0.0617 e. The molecule has 0 saturated carbocycles. The maximum Gasteiger partial charge on any atom is 0.0617 e. The van der Waals surface area contributed by atoms with E-state index in [0.29, 0.717) is 0 Å². The summed E-state index contributed by atoms with van der Waals surface area (Å²) in [5, 5.41) is 0.734. The lowest BCUT2D eigenvalue weighted by molar-refractivity contribution is 1.54. The van der Waals surface area contributed by atoms with Crippen LogP contribution in [0.15, 0.2) is 24.8 Å². The van der Waals surface area contributed by atoms with Crippen LogP contribution in [-0.4, -0.2) is 0 Å². The van der Waals surface area contributed by atoms with E-state index in [4.69, 9.17) is 11.6 Å². The summed E-state index contributed by atoms with van der Waals surface area (Å²) in [7, 11) is 0. The van der Waals surface area contributed by atoms with Crippen molar-refractivity contribution in [3.63, 3.8) is 0 Å². The monoisotopic (exact) mass is 263 g/mol. The van der Waals surface area contributed by atoms with Crippen LogP contribution < -0.4 is 0 Å². The van der Waals surface area contributed by atoms with Gasteiger partial charge < -0.3 is 0 Å². The molecule has 0 nitrogen and oxygen atoms in total. The Bertz CT molecular complexity index is 255. The lowest BCUT2D eigenvalue weighted by atomic mass is 10.2. The van der Waals surface area contributed by atoms with E-state index >= 15 is 0 Å². The molecule has 0 atom stereocenters. The highest BCUT2D eigenvalue weighted by molar-refractivity contribution is 14.1. The van der Waals surface area contributed by atoms with E-state index in [-0.39, 0.29) is 0 Å². The molecule has 1 radical (unpaired) electrons. The molecule has 1 rings (SSSR count). The van der Waals surface area contributed by atoms with Crippen molar-refractivity contribution in [3.8, 4) is 0 Å². The first-order valence-electron chi connectivity index (χ1n) is 2.73. The van der Waals surface area contributed by atoms with E-state index < -0.39 is 0 Å². The van der Waals surface area contributed by atoms with Crippen LogP contribution in [0.3, 0.4) is 0 Å². The van der Waals surface area contributed by atoms with E-state index in [1.54, 1.807) is 0 Å². The standard InChI is InChI=1S/C8H5ClI/c1-2-6-4-3-5-7(10)8(6)9/h3-5H,1H2. The lowest BCUT2D eigenvalue weighted by Gasteiger charge is -1.97. The van der Waals surface area contributed by atoms with E-state index in [1.165, 1.54) is 0 Å². The van der Waals surface area contributed by atoms with Gasteiger partial charge in [0.2, 0.25) is 0 Å². The predicted octanol–water partition coefficient (Wildman–Crippen LogP) is 3.28. The second-order valence-corrected chi connectivity index (χ2v) is 3.32. The molecule has 0 heterocycles. The average molecular weight is 263 g/mol. The molecule has 1 aromatic rings. The van der Waals surface area contributed by atoms with Gasteiger partial charge >= 0.3 is 0 Å². The van der Waals surface area contributed by atoms with E-state index in [9.17, 15) is 0 Å². The van der Waals surface area contributed by atoms with Gasteiger partial charge in [0.15, 0.2) is 0 Å². The number of benzene rings is 1. The summed E-state index contributed by atoms with van der Waals surface area (Å²) >= 11 is 8.06. The van der Waals surface area contributed by atoms with Gasteiger partial charge in [0, 0.05) is 9.13 Å². The van der Waals surface area contributed by atoms with Gasteiger partial charge in [0.1, 0.15) is 0 Å². The summed E-state index contributed by atoms with van der Waals surface area (Å²) in [6.07, 6.45) is 2.75. The molecule has 0 aliphatic carbocycles. The molecule has 0 aromatic heterocycles. The lowest BCUT2D eigenvalue weighted by Crippen LogP contribution is -1.78. The largest absolute Gasteiger partial charge is 0.0905 e. The zero-order valence-electron chi connectivity index (χ0n) is 5.20. The van der Waals surface area contributed by atoms with Crippen LogP contribution in [0, 0.1) is 9.65 Å². The molecular weight excluding hydrogens is 258 g/mol. The fourth-order valence-electron chi connectivity index (χ4n) is 0.640. The van der Waals surface area contributed by atoms with Crippen molar-refractivity contribution in [1.29, 1.82) is 0 Å². The van der Waals surface area contributed by atoms with Crippen LogP contribution in [0.5, 0.6) is 0 Å². The van der Waals surface area contributed by atoms with Crippen molar-refractivity contribution in [2.24, 2.45) is 0 Å². The first-order valence-corrected chi connectivity index (χ1v) is 4.18. The summed E-state index contributed by atoms with van der Waals surface area (Å²) in [5.74, 6) is 0. The third-order valence-electron chi connectivity index (χ3n) is 1.14. The number of rotatable bonds is 1. The average Bonchev–Trinajstić information content (AvgIpc) is 1.95. The first-order chi connectivity index (χ1) is 4.75. The Labute approximate surface area is 79.0 Å². The van der Waals surface area contributed by atoms with Gasteiger partial charge in [-0.05, 0) is 34.7 Å². The Morgan fingerprint density at radius 1 is 1.50 bits per heavy atom. The third-order valence-corrected chi connectivity index (χ3v) is 2.77. The Kier molecular flexibility index (Phi) is 2.74. The van der Waals surface area contributed by atoms with Crippen molar-refractivity contribution in [3.05, 3.63) is 45.0 Å². The topological polar surface area (TPSA) is 0 Å². The molecule has 0 amide bonds. The summed E-state index contributed by atoms with van der Waals surface area (Å²) in [4.78, 5) is 0. The highest BCUT2D eigenvalue weighted by Gasteiger charge is 1.98. The molecule has 0 unspecified atom stereocenters. The van der Waals surface area contributed by atoms with Gasteiger partial charge in [-0.3, -0.25) is 0 Å². The molecule has 0 bridgehead atoms. The van der Waals surface area contributed by atoms with Crippen molar-refractivity contribution in [1.82, 2.24) is 0 Å². The zero-order valence-corrected chi connectivity index (χ0v) is 8.11. The molecule has 1 aromatic carbocycles. The third kappa shape index (κ3) is 1.52. The molecule has 0 fully saturated rings. The number of halogens is 2. The first kappa shape index (κ1) is 8.08. The summed E-state index contributed by atoms with van der Waals surface area (Å²) in [6.45, 7) is 3.52. The Hall–Kier alpha value is -0.0200. The normalized spacial score (nSPS) is 9.40. The van der Waals surface area contributed by atoms with Gasteiger partial charge in [-0.25, -0.2) is 0 Å². The van der Waals surface area contributed by atoms with Crippen LogP contribution in [0.1, 0.15) is 5.56 Å². The fourth-order valence-corrected chi connectivity index (χ4v) is 1.33. The maximum atomic E-state index is 5.88. The van der Waals surface area contributed by atoms with Crippen molar-refractivity contribution in [2.75, 3.05) is 0 Å². The van der Waals surface area contributed by atoms with Crippen LogP contribution in [0.2, 0.25) is 5.02 Å². The minimum Gasteiger partial charge on any atom is -0.0905 e. The van der Waals surface area contributed by atoms with Gasteiger partial charge in [-0.2, -0.15) is 0 Å². The molecule has 51 valence electrons. The zero-order chi connectivity index (χ0) is 7.56. The van der Waals surface area contributed by atoms with Crippen molar-refractivity contribution in [2.45, 2.75) is 0 Å². The van der Waals surface area contributed by atoms with Crippen molar-refractivity contribution >= 4 is 34.2 Å². The highest BCUT2D eigenvalue weighted by Crippen LogP contribution is 2.21. The summed E-state index contributed by atoms with van der Waals surface area (Å²) < 4.78 is 1.04. The van der Waals surface area contributed by atoms with Crippen LogP contribution in [0.25, 0.3) is 0 Å². The summed E-state index contributed by atoms with van der Waals surface area (Å²) in [6, 6.07) is 5.77. The fraction of sp³-hybridized carbons (Fsp3) is 0. The van der Waals surface area contributed by atoms with Gasteiger partial charge in [0.25, 0.3) is 0 Å². The van der Waals surface area contributed by atoms with Crippen LogP contribution in [0.4, 0.5) is 0 Å². The molecule has 2 heteroatoms. The van der Waals surface area contributed by atoms with Crippen LogP contribution in [-0.2, 0) is 0 Å². The minimum absolute atomic E-state index is 0.734. The Morgan fingerprint density at radius 3 is 2.70 bits per heavy atom. The molecule has 0 N–H and O–H groups in total. The quantitative estimate of drug-likeness (QED) is 0.682. The molecule has 0 aliphatic heterocycles. The molecule has 0 aliphatic rings. The summed E-state index contributed by atoms with van der Waals surface area (Å²) in [5.41, 5.74) is 0.869. The maximum absolute atomic E-state index is 5.88. The van der Waals surface area contributed by atoms with Gasteiger partial charge in [0.05, 0.1) is 5.02 Å². The van der Waals surface area contributed by atoms with E-state index in [2.05, 4.69) is 35.2 Å². The molecular formula is C8H5ClI. The highest BCUT2D eigenvalue weighted by atomic mass is 127. The number of hydrogen-bond donors (Lipinski definition) is 0. The van der Waals surface area contributed by atoms with E-state index in [1.807, 2.05) is 18.2 Å². The van der Waals surface area contributed by atoms with Gasteiger partial charge in [-0.15, -0.1) is 0 Å². The van der Waals surface area contributed by atoms with Crippen LogP contribution >= 0.6 is 34.2 Å². The SMILES string of the molecule is C=[C]c1cccc(I)c1Cl. The van der Waals surface area contributed by atoms with E-state index in [0.717, 1.165) is 14.2 Å². The predicted molar refractivity (Wildman–Crippen MR) is 52.1 cm³/mol. The van der Waals surface area contributed by atoms with Gasteiger partial charge in [-0.1, -0.05) is 30.3 Å². The second kappa shape index (κ2) is 3.39. The Balaban J connectivity index is 3.27. The van der Waals surface area contributed by atoms with Crippen molar-refractivity contribution < 1.29 is 0 Å². The Morgan fingerprint density at radius 2 is 2.20 bits per heavy atom. The molecule has 0 saturated heterocycles. The number of hydrogen-bond acceptors (Lipinski definition) is 0. The molecule has 10 heavy (non-hydrogen) atoms. The minimum atomic E-state index is 0.734.